The molecule has 0 atom stereocenters. The lowest BCUT2D eigenvalue weighted by atomic mass is 10.1. The highest BCUT2D eigenvalue weighted by atomic mass is 16.5. The molecule has 0 aliphatic carbocycles. The van der Waals surface area contributed by atoms with Crippen LogP contribution in [0.15, 0.2) is 42.5 Å². The minimum Gasteiger partial charge on any atom is -0.465 e. The molecule has 0 fully saturated rings. The molecule has 2 N–H and O–H groups in total. The molecule has 0 saturated heterocycles. The van der Waals surface area contributed by atoms with Gasteiger partial charge in [-0.2, -0.15) is 0 Å². The van der Waals surface area contributed by atoms with Gasteiger partial charge in [-0.3, -0.25) is 4.79 Å². The van der Waals surface area contributed by atoms with Crippen molar-refractivity contribution < 1.29 is 14.3 Å². The second-order valence-corrected chi connectivity index (χ2v) is 5.66. The number of hydrogen-bond donors (Lipinski definition) is 2. The molecule has 5 heteroatoms. The number of aromatic nitrogens is 1. The van der Waals surface area contributed by atoms with Crippen LogP contribution in [-0.2, 0) is 4.74 Å². The number of amides is 1. The number of aromatic amines is 1. The van der Waals surface area contributed by atoms with E-state index in [1.165, 1.54) is 7.11 Å². The van der Waals surface area contributed by atoms with Crippen LogP contribution in [0.2, 0.25) is 0 Å². The van der Waals surface area contributed by atoms with Gasteiger partial charge in [0.1, 0.15) is 0 Å². The van der Waals surface area contributed by atoms with Gasteiger partial charge in [0, 0.05) is 27.8 Å². The fourth-order valence-corrected chi connectivity index (χ4v) is 2.61. The number of fused-ring (bicyclic) bond motifs is 1. The highest BCUT2D eigenvalue weighted by molar-refractivity contribution is 6.06. The van der Waals surface area contributed by atoms with Gasteiger partial charge in [0.25, 0.3) is 5.91 Å². The summed E-state index contributed by atoms with van der Waals surface area (Å²) >= 11 is 0. The van der Waals surface area contributed by atoms with Crippen molar-refractivity contribution in [3.63, 3.8) is 0 Å². The zero-order chi connectivity index (χ0) is 17.3. The predicted octanol–water partition coefficient (Wildman–Crippen LogP) is 3.82. The minimum absolute atomic E-state index is 0.194. The number of nitrogens with one attached hydrogen (secondary N) is 2. The maximum absolute atomic E-state index is 12.4. The second kappa shape index (κ2) is 6.20. The van der Waals surface area contributed by atoms with Crippen molar-refractivity contribution in [1.29, 1.82) is 0 Å². The van der Waals surface area contributed by atoms with Gasteiger partial charge >= 0.3 is 5.97 Å². The number of methoxy groups -OCH3 is 1. The van der Waals surface area contributed by atoms with Crippen LogP contribution < -0.4 is 5.32 Å². The fourth-order valence-electron chi connectivity index (χ4n) is 2.61. The summed E-state index contributed by atoms with van der Waals surface area (Å²) in [7, 11) is 1.33. The van der Waals surface area contributed by atoms with Crippen LogP contribution in [0.4, 0.5) is 5.69 Å². The van der Waals surface area contributed by atoms with E-state index in [0.29, 0.717) is 16.8 Å². The summed E-state index contributed by atoms with van der Waals surface area (Å²) in [6.07, 6.45) is 0. The molecule has 0 bridgehead atoms. The van der Waals surface area contributed by atoms with Gasteiger partial charge in [-0.15, -0.1) is 0 Å². The van der Waals surface area contributed by atoms with Crippen LogP contribution in [0.5, 0.6) is 0 Å². The molecule has 1 amide bonds. The summed E-state index contributed by atoms with van der Waals surface area (Å²) in [4.78, 5) is 27.1. The highest BCUT2D eigenvalue weighted by Crippen LogP contribution is 2.23. The van der Waals surface area contributed by atoms with E-state index in [4.69, 9.17) is 0 Å². The van der Waals surface area contributed by atoms with E-state index >= 15 is 0 Å². The fraction of sp³-hybridized carbons (Fsp3) is 0.158. The molecule has 0 saturated carbocycles. The number of anilines is 1. The lowest BCUT2D eigenvalue weighted by molar-refractivity contribution is 0.0600. The van der Waals surface area contributed by atoms with Crippen molar-refractivity contribution in [2.45, 2.75) is 13.8 Å². The maximum atomic E-state index is 12.4. The van der Waals surface area contributed by atoms with Gasteiger partial charge in [0.2, 0.25) is 0 Å². The van der Waals surface area contributed by atoms with E-state index in [-0.39, 0.29) is 5.91 Å². The van der Waals surface area contributed by atoms with Crippen LogP contribution in [0.3, 0.4) is 0 Å². The Labute approximate surface area is 139 Å². The third-order valence-corrected chi connectivity index (χ3v) is 4.13. The highest BCUT2D eigenvalue weighted by Gasteiger charge is 2.11. The molecule has 0 unspecified atom stereocenters. The first-order valence-corrected chi connectivity index (χ1v) is 7.58. The normalized spacial score (nSPS) is 10.6. The van der Waals surface area contributed by atoms with Crippen LogP contribution in [0.25, 0.3) is 10.9 Å². The Morgan fingerprint density at radius 1 is 1.00 bits per heavy atom. The summed E-state index contributed by atoms with van der Waals surface area (Å²) in [6, 6.07) is 12.2. The topological polar surface area (TPSA) is 71.2 Å². The van der Waals surface area contributed by atoms with Gasteiger partial charge in [-0.1, -0.05) is 0 Å². The average molecular weight is 322 g/mol. The molecule has 24 heavy (non-hydrogen) atoms. The first-order valence-electron chi connectivity index (χ1n) is 7.58. The van der Waals surface area contributed by atoms with E-state index in [1.54, 1.807) is 30.3 Å². The first-order chi connectivity index (χ1) is 11.5. The van der Waals surface area contributed by atoms with E-state index < -0.39 is 5.97 Å². The Kier molecular flexibility index (Phi) is 4.08. The Bertz CT molecular complexity index is 924. The summed E-state index contributed by atoms with van der Waals surface area (Å²) < 4.78 is 4.65. The molecular weight excluding hydrogens is 304 g/mol. The molecular formula is C19H18N2O3. The lowest BCUT2D eigenvalue weighted by Crippen LogP contribution is -2.12. The molecule has 0 radical (unpaired) electrons. The van der Waals surface area contributed by atoms with Crippen molar-refractivity contribution in [2.24, 2.45) is 0 Å². The summed E-state index contributed by atoms with van der Waals surface area (Å²) in [5.41, 5.74) is 4.90. The number of H-pyrrole nitrogens is 1. The molecule has 0 spiro atoms. The van der Waals surface area contributed by atoms with Gasteiger partial charge < -0.3 is 15.0 Å². The molecule has 1 heterocycles. The third-order valence-electron chi connectivity index (χ3n) is 4.13. The van der Waals surface area contributed by atoms with Crippen LogP contribution in [-0.4, -0.2) is 24.0 Å². The number of ether oxygens (including phenoxy) is 1. The number of hydrogen-bond acceptors (Lipinski definition) is 3. The summed E-state index contributed by atoms with van der Waals surface area (Å²) in [5.74, 6) is -0.599. The number of benzene rings is 2. The predicted molar refractivity (Wildman–Crippen MR) is 93.5 cm³/mol. The van der Waals surface area contributed by atoms with Crippen LogP contribution in [0.1, 0.15) is 32.0 Å². The largest absolute Gasteiger partial charge is 0.465 e. The lowest BCUT2D eigenvalue weighted by Gasteiger charge is -2.06. The average Bonchev–Trinajstić information content (AvgIpc) is 2.88. The monoisotopic (exact) mass is 322 g/mol. The van der Waals surface area contributed by atoms with Crippen LogP contribution >= 0.6 is 0 Å². The SMILES string of the molecule is COC(=O)c1ccc(NC(=O)c2ccc3[nH]c(C)c(C)c3c2)cc1. The number of carbonyl (C=O) groups excluding carboxylic acids is 2. The van der Waals surface area contributed by atoms with Crippen molar-refractivity contribution in [3.8, 4) is 0 Å². The van der Waals surface area contributed by atoms with Gasteiger partial charge in [-0.25, -0.2) is 4.79 Å². The molecule has 122 valence electrons. The van der Waals surface area contributed by atoms with E-state index in [0.717, 1.165) is 22.2 Å². The first kappa shape index (κ1) is 15.8. The molecule has 3 rings (SSSR count). The molecule has 2 aromatic carbocycles. The van der Waals surface area contributed by atoms with Gasteiger partial charge in [-0.05, 0) is 61.9 Å². The zero-order valence-corrected chi connectivity index (χ0v) is 13.8. The van der Waals surface area contributed by atoms with E-state index in [9.17, 15) is 9.59 Å². The second-order valence-electron chi connectivity index (χ2n) is 5.66. The van der Waals surface area contributed by atoms with E-state index in [2.05, 4.69) is 15.0 Å². The van der Waals surface area contributed by atoms with Gasteiger partial charge in [0.15, 0.2) is 0 Å². The molecule has 0 aliphatic rings. The van der Waals surface area contributed by atoms with Crippen molar-refractivity contribution in [3.05, 3.63) is 64.8 Å². The minimum atomic E-state index is -0.406. The Morgan fingerprint density at radius 2 is 1.67 bits per heavy atom. The molecule has 1 aromatic heterocycles. The van der Waals surface area contributed by atoms with Gasteiger partial charge in [0.05, 0.1) is 12.7 Å². The van der Waals surface area contributed by atoms with Crippen molar-refractivity contribution in [1.82, 2.24) is 4.98 Å². The molecule has 5 nitrogen and oxygen atoms in total. The molecule has 0 aliphatic heterocycles. The van der Waals surface area contributed by atoms with E-state index in [1.807, 2.05) is 26.0 Å². The number of carbonyl (C=O) groups is 2. The summed E-state index contributed by atoms with van der Waals surface area (Å²) in [6.45, 7) is 4.04. The Hall–Kier alpha value is -3.08. The Morgan fingerprint density at radius 3 is 2.33 bits per heavy atom. The third kappa shape index (κ3) is 2.88. The standard InChI is InChI=1S/C19H18N2O3/c1-11-12(2)20-17-9-6-14(10-16(11)17)18(22)21-15-7-4-13(5-8-15)19(23)24-3/h4-10,20H,1-3H3,(H,21,22). The summed E-state index contributed by atoms with van der Waals surface area (Å²) in [5, 5.41) is 3.87. The quantitative estimate of drug-likeness (QED) is 0.720. The number of aryl methyl sites for hydroxylation is 2. The Balaban J connectivity index is 1.82. The van der Waals surface area contributed by atoms with Crippen molar-refractivity contribution in [2.75, 3.05) is 12.4 Å². The number of esters is 1. The molecule has 3 aromatic rings. The maximum Gasteiger partial charge on any atom is 0.337 e. The zero-order valence-electron chi connectivity index (χ0n) is 13.8. The van der Waals surface area contributed by atoms with Crippen LogP contribution in [0, 0.1) is 13.8 Å². The smallest absolute Gasteiger partial charge is 0.337 e. The van der Waals surface area contributed by atoms with Crippen molar-refractivity contribution >= 4 is 28.5 Å². The number of rotatable bonds is 3.